The molecule has 1 rings (SSSR count). The van der Waals surface area contributed by atoms with Crippen LogP contribution in [0.5, 0.6) is 11.5 Å². The fraction of sp³-hybridized carbons (Fsp3) is 0.600. The number of ether oxygens (including phenoxy) is 1. The summed E-state index contributed by atoms with van der Waals surface area (Å²) in [6.45, 7) is 6.09. The van der Waals surface area contributed by atoms with Gasteiger partial charge in [0.25, 0.3) is 0 Å². The molecule has 108 valence electrons. The standard InChI is InChI=1S/C15H25NO2S/c1-5-15(6-2,19-4)11-16-10-12-7-8-13(18-3)9-14(12)17/h7-9,16-17H,5-6,10-11H2,1-4H3. The molecule has 0 atom stereocenters. The number of benzene rings is 1. The second-order valence-corrected chi connectivity index (χ2v) is 5.97. The van der Waals surface area contributed by atoms with Crippen molar-refractivity contribution in [2.24, 2.45) is 0 Å². The molecule has 0 saturated carbocycles. The van der Waals surface area contributed by atoms with E-state index in [4.69, 9.17) is 4.74 Å². The molecule has 0 bridgehead atoms. The molecule has 0 radical (unpaired) electrons. The maximum absolute atomic E-state index is 9.90. The fourth-order valence-corrected chi connectivity index (χ4v) is 2.93. The molecule has 0 aliphatic heterocycles. The van der Waals surface area contributed by atoms with Crippen molar-refractivity contribution in [3.8, 4) is 11.5 Å². The number of hydrogen-bond acceptors (Lipinski definition) is 4. The SMILES string of the molecule is CCC(CC)(CNCc1ccc(OC)cc1O)SC. The number of nitrogens with one attached hydrogen (secondary N) is 1. The van der Waals surface area contributed by atoms with Crippen LogP contribution in [-0.2, 0) is 6.54 Å². The van der Waals surface area contributed by atoms with Crippen molar-refractivity contribution >= 4 is 11.8 Å². The highest BCUT2D eigenvalue weighted by atomic mass is 32.2. The molecule has 19 heavy (non-hydrogen) atoms. The lowest BCUT2D eigenvalue weighted by Gasteiger charge is -2.30. The van der Waals surface area contributed by atoms with Crippen molar-refractivity contribution in [1.82, 2.24) is 5.32 Å². The zero-order valence-corrected chi connectivity index (χ0v) is 13.1. The molecular formula is C15H25NO2S. The minimum absolute atomic E-state index is 0.287. The van der Waals surface area contributed by atoms with Crippen LogP contribution in [0.25, 0.3) is 0 Å². The van der Waals surface area contributed by atoms with Gasteiger partial charge in [-0.05, 0) is 25.2 Å². The van der Waals surface area contributed by atoms with Gasteiger partial charge >= 0.3 is 0 Å². The maximum atomic E-state index is 9.90. The van der Waals surface area contributed by atoms with Crippen molar-refractivity contribution in [3.63, 3.8) is 0 Å². The zero-order chi connectivity index (χ0) is 14.3. The normalized spacial score (nSPS) is 11.6. The fourth-order valence-electron chi connectivity index (χ4n) is 2.11. The van der Waals surface area contributed by atoms with Gasteiger partial charge in [0.15, 0.2) is 0 Å². The Bertz CT molecular complexity index is 383. The predicted octanol–water partition coefficient (Wildman–Crippen LogP) is 3.41. The lowest BCUT2D eigenvalue weighted by atomic mass is 10.0. The van der Waals surface area contributed by atoms with E-state index in [9.17, 15) is 5.11 Å². The van der Waals surface area contributed by atoms with Gasteiger partial charge in [-0.3, -0.25) is 0 Å². The first-order chi connectivity index (χ1) is 9.10. The Labute approximate surface area is 120 Å². The molecule has 0 amide bonds. The molecule has 4 heteroatoms. The second-order valence-electron chi connectivity index (χ2n) is 4.69. The van der Waals surface area contributed by atoms with E-state index in [0.29, 0.717) is 17.0 Å². The molecule has 2 N–H and O–H groups in total. The lowest BCUT2D eigenvalue weighted by molar-refractivity contribution is 0.405. The van der Waals surface area contributed by atoms with Crippen molar-refractivity contribution < 1.29 is 9.84 Å². The third kappa shape index (κ3) is 4.32. The number of phenolic OH excluding ortho intramolecular Hbond substituents is 1. The van der Waals surface area contributed by atoms with Gasteiger partial charge in [-0.15, -0.1) is 0 Å². The monoisotopic (exact) mass is 283 g/mol. The first kappa shape index (κ1) is 16.2. The summed E-state index contributed by atoms with van der Waals surface area (Å²) in [6, 6.07) is 5.43. The van der Waals surface area contributed by atoms with E-state index >= 15 is 0 Å². The Hall–Kier alpha value is -0.870. The summed E-state index contributed by atoms with van der Waals surface area (Å²) >= 11 is 1.92. The van der Waals surface area contributed by atoms with Crippen LogP contribution < -0.4 is 10.1 Å². The van der Waals surface area contributed by atoms with Crippen LogP contribution in [0.2, 0.25) is 0 Å². The Morgan fingerprint density at radius 2 is 2.00 bits per heavy atom. The van der Waals surface area contributed by atoms with Gasteiger partial charge in [0, 0.05) is 29.5 Å². The third-order valence-electron chi connectivity index (χ3n) is 3.78. The van der Waals surface area contributed by atoms with E-state index in [1.165, 1.54) is 0 Å². The first-order valence-electron chi connectivity index (χ1n) is 6.72. The summed E-state index contributed by atoms with van der Waals surface area (Å²) in [5, 5.41) is 13.4. The van der Waals surface area contributed by atoms with Crippen LogP contribution in [0.15, 0.2) is 18.2 Å². The summed E-state index contributed by atoms with van der Waals surface area (Å²) in [4.78, 5) is 0. The average Bonchev–Trinajstić information content (AvgIpc) is 2.45. The quantitative estimate of drug-likeness (QED) is 0.767. The summed E-state index contributed by atoms with van der Waals surface area (Å²) in [7, 11) is 1.60. The number of phenols is 1. The zero-order valence-electron chi connectivity index (χ0n) is 12.3. The Morgan fingerprint density at radius 3 is 2.47 bits per heavy atom. The second kappa shape index (κ2) is 7.65. The van der Waals surface area contributed by atoms with Gasteiger partial charge in [0.2, 0.25) is 0 Å². The highest BCUT2D eigenvalue weighted by Crippen LogP contribution is 2.30. The van der Waals surface area contributed by atoms with E-state index in [0.717, 1.165) is 24.9 Å². The predicted molar refractivity (Wildman–Crippen MR) is 83.2 cm³/mol. The van der Waals surface area contributed by atoms with Gasteiger partial charge in [-0.1, -0.05) is 19.9 Å². The minimum atomic E-state index is 0.287. The number of methoxy groups -OCH3 is 1. The molecule has 0 aromatic heterocycles. The van der Waals surface area contributed by atoms with Crippen LogP contribution in [0.1, 0.15) is 32.3 Å². The highest BCUT2D eigenvalue weighted by Gasteiger charge is 2.24. The van der Waals surface area contributed by atoms with Gasteiger partial charge in [-0.2, -0.15) is 11.8 Å². The Balaban J connectivity index is 2.57. The molecule has 0 fully saturated rings. The molecule has 0 heterocycles. The van der Waals surface area contributed by atoms with E-state index in [2.05, 4.69) is 25.4 Å². The average molecular weight is 283 g/mol. The molecule has 3 nitrogen and oxygen atoms in total. The Kier molecular flexibility index (Phi) is 6.52. The molecule has 0 saturated heterocycles. The van der Waals surface area contributed by atoms with Crippen LogP contribution in [0.3, 0.4) is 0 Å². The summed E-state index contributed by atoms with van der Waals surface area (Å²) in [5.74, 6) is 0.969. The van der Waals surface area contributed by atoms with Crippen LogP contribution in [0.4, 0.5) is 0 Å². The number of thioether (sulfide) groups is 1. The molecule has 0 spiro atoms. The molecule has 0 unspecified atom stereocenters. The minimum Gasteiger partial charge on any atom is -0.507 e. The summed E-state index contributed by atoms with van der Waals surface area (Å²) in [5.41, 5.74) is 0.906. The van der Waals surface area contributed by atoms with Crippen molar-refractivity contribution in [2.45, 2.75) is 38.0 Å². The van der Waals surface area contributed by atoms with Gasteiger partial charge in [-0.25, -0.2) is 0 Å². The smallest absolute Gasteiger partial charge is 0.123 e. The summed E-state index contributed by atoms with van der Waals surface area (Å²) < 4.78 is 5.37. The van der Waals surface area contributed by atoms with E-state index in [1.54, 1.807) is 13.2 Å². The molecule has 0 aliphatic carbocycles. The van der Waals surface area contributed by atoms with Crippen LogP contribution in [-0.4, -0.2) is 29.8 Å². The van der Waals surface area contributed by atoms with Crippen molar-refractivity contribution in [2.75, 3.05) is 19.9 Å². The van der Waals surface area contributed by atoms with Gasteiger partial charge in [0.1, 0.15) is 11.5 Å². The topological polar surface area (TPSA) is 41.5 Å². The lowest BCUT2D eigenvalue weighted by Crippen LogP contribution is -2.36. The summed E-state index contributed by atoms with van der Waals surface area (Å²) in [6.07, 6.45) is 4.46. The van der Waals surface area contributed by atoms with E-state index < -0.39 is 0 Å². The number of aromatic hydroxyl groups is 1. The largest absolute Gasteiger partial charge is 0.507 e. The molecule has 1 aromatic rings. The number of rotatable bonds is 8. The molecule has 0 aliphatic rings. The molecule has 1 aromatic carbocycles. The molecular weight excluding hydrogens is 258 g/mol. The highest BCUT2D eigenvalue weighted by molar-refractivity contribution is 8.00. The van der Waals surface area contributed by atoms with Crippen LogP contribution in [0, 0.1) is 0 Å². The Morgan fingerprint density at radius 1 is 1.32 bits per heavy atom. The maximum Gasteiger partial charge on any atom is 0.123 e. The third-order valence-corrected chi connectivity index (χ3v) is 5.36. The van der Waals surface area contributed by atoms with E-state index in [1.807, 2.05) is 23.9 Å². The first-order valence-corrected chi connectivity index (χ1v) is 7.95. The van der Waals surface area contributed by atoms with Crippen molar-refractivity contribution in [3.05, 3.63) is 23.8 Å². The van der Waals surface area contributed by atoms with Gasteiger partial charge in [0.05, 0.1) is 7.11 Å². The number of hydrogen-bond donors (Lipinski definition) is 2. The van der Waals surface area contributed by atoms with Crippen molar-refractivity contribution in [1.29, 1.82) is 0 Å². The van der Waals surface area contributed by atoms with Gasteiger partial charge < -0.3 is 15.2 Å². The van der Waals surface area contributed by atoms with E-state index in [-0.39, 0.29) is 5.75 Å². The van der Waals surface area contributed by atoms with Crippen LogP contribution >= 0.6 is 11.8 Å².